The molecular weight excluding hydrogens is 244 g/mol. The predicted molar refractivity (Wildman–Crippen MR) is 69.5 cm³/mol. The zero-order chi connectivity index (χ0) is 13.7. The van der Waals surface area contributed by atoms with E-state index in [9.17, 15) is 4.79 Å². The third-order valence-electron chi connectivity index (χ3n) is 2.39. The zero-order valence-electron chi connectivity index (χ0n) is 10.7. The van der Waals surface area contributed by atoms with Gasteiger partial charge in [0.1, 0.15) is 11.5 Å². The molecule has 0 saturated heterocycles. The van der Waals surface area contributed by atoms with Gasteiger partial charge in [0, 0.05) is 13.2 Å². The van der Waals surface area contributed by atoms with Crippen molar-refractivity contribution in [1.82, 2.24) is 25.3 Å². The Morgan fingerprint density at radius 2 is 2.05 bits per heavy atom. The molecule has 0 fully saturated rings. The SMILES string of the molecule is CNc1cncc(C(=O)NCc2cnc(C)cn2)n1. The lowest BCUT2D eigenvalue weighted by Crippen LogP contribution is -2.24. The molecule has 0 saturated carbocycles. The molecule has 2 rings (SSSR count). The van der Waals surface area contributed by atoms with Gasteiger partial charge in [-0.3, -0.25) is 19.7 Å². The first-order valence-corrected chi connectivity index (χ1v) is 5.74. The van der Waals surface area contributed by atoms with Crippen LogP contribution < -0.4 is 10.6 Å². The van der Waals surface area contributed by atoms with Crippen LogP contribution in [0.1, 0.15) is 21.9 Å². The van der Waals surface area contributed by atoms with Crippen LogP contribution in [0.3, 0.4) is 0 Å². The Morgan fingerprint density at radius 1 is 1.21 bits per heavy atom. The van der Waals surface area contributed by atoms with Crippen molar-refractivity contribution < 1.29 is 4.79 Å². The van der Waals surface area contributed by atoms with E-state index in [-0.39, 0.29) is 11.6 Å². The minimum Gasteiger partial charge on any atom is -0.372 e. The summed E-state index contributed by atoms with van der Waals surface area (Å²) in [7, 11) is 1.72. The average molecular weight is 258 g/mol. The predicted octanol–water partition coefficient (Wildman–Crippen LogP) is 0.547. The van der Waals surface area contributed by atoms with Gasteiger partial charge in [-0.1, -0.05) is 0 Å². The van der Waals surface area contributed by atoms with E-state index < -0.39 is 0 Å². The van der Waals surface area contributed by atoms with Gasteiger partial charge >= 0.3 is 0 Å². The number of nitrogens with zero attached hydrogens (tertiary/aromatic N) is 4. The standard InChI is InChI=1S/C12H14N6O/c1-8-3-16-9(4-15-8)5-17-12(19)10-6-14-7-11(13-2)18-10/h3-4,6-7H,5H2,1-2H3,(H,13,18)(H,17,19). The molecule has 1 amide bonds. The van der Waals surface area contributed by atoms with Crippen LogP contribution >= 0.6 is 0 Å². The Morgan fingerprint density at radius 3 is 2.74 bits per heavy atom. The van der Waals surface area contributed by atoms with Gasteiger partial charge in [-0.25, -0.2) is 4.98 Å². The first-order valence-electron chi connectivity index (χ1n) is 5.74. The van der Waals surface area contributed by atoms with Crippen molar-refractivity contribution in [3.05, 3.63) is 41.9 Å². The number of amides is 1. The summed E-state index contributed by atoms with van der Waals surface area (Å²) in [5.41, 5.74) is 1.78. The van der Waals surface area contributed by atoms with E-state index in [1.807, 2.05) is 6.92 Å². The van der Waals surface area contributed by atoms with Crippen molar-refractivity contribution >= 4 is 11.7 Å². The summed E-state index contributed by atoms with van der Waals surface area (Å²) < 4.78 is 0. The fourth-order valence-electron chi connectivity index (χ4n) is 1.37. The lowest BCUT2D eigenvalue weighted by Gasteiger charge is -2.05. The number of rotatable bonds is 4. The highest BCUT2D eigenvalue weighted by molar-refractivity contribution is 5.92. The molecule has 0 radical (unpaired) electrons. The van der Waals surface area contributed by atoms with E-state index in [0.717, 1.165) is 5.69 Å². The summed E-state index contributed by atoms with van der Waals surface area (Å²) in [5.74, 6) is 0.245. The molecule has 2 heterocycles. The fraction of sp³-hybridized carbons (Fsp3) is 0.250. The van der Waals surface area contributed by atoms with E-state index in [1.54, 1.807) is 25.6 Å². The van der Waals surface area contributed by atoms with Crippen LogP contribution in [0.25, 0.3) is 0 Å². The molecule has 0 bridgehead atoms. The maximum absolute atomic E-state index is 11.9. The van der Waals surface area contributed by atoms with Gasteiger partial charge in [0.2, 0.25) is 0 Å². The van der Waals surface area contributed by atoms with E-state index in [2.05, 4.69) is 30.6 Å². The van der Waals surface area contributed by atoms with Crippen molar-refractivity contribution in [3.63, 3.8) is 0 Å². The maximum Gasteiger partial charge on any atom is 0.271 e. The summed E-state index contributed by atoms with van der Waals surface area (Å²) in [6, 6.07) is 0. The molecule has 0 aliphatic carbocycles. The Bertz CT molecular complexity index is 569. The second-order valence-corrected chi connectivity index (χ2v) is 3.87. The Labute approximate surface area is 110 Å². The number of hydrogen-bond acceptors (Lipinski definition) is 6. The van der Waals surface area contributed by atoms with Gasteiger partial charge in [0.25, 0.3) is 5.91 Å². The number of nitrogens with one attached hydrogen (secondary N) is 2. The van der Waals surface area contributed by atoms with Crippen LogP contribution in [0.15, 0.2) is 24.8 Å². The Hall–Kier alpha value is -2.57. The van der Waals surface area contributed by atoms with Gasteiger partial charge in [-0.05, 0) is 6.92 Å². The van der Waals surface area contributed by atoms with Crippen LogP contribution in [0.5, 0.6) is 0 Å². The number of carbonyl (C=O) groups excluding carboxylic acids is 1. The first kappa shape index (κ1) is 12.9. The van der Waals surface area contributed by atoms with Gasteiger partial charge in [-0.2, -0.15) is 0 Å². The molecule has 0 aliphatic heterocycles. The number of hydrogen-bond donors (Lipinski definition) is 2. The quantitative estimate of drug-likeness (QED) is 0.831. The van der Waals surface area contributed by atoms with Crippen LogP contribution in [0.4, 0.5) is 5.82 Å². The lowest BCUT2D eigenvalue weighted by molar-refractivity contribution is 0.0945. The maximum atomic E-state index is 11.9. The van der Waals surface area contributed by atoms with E-state index in [0.29, 0.717) is 18.1 Å². The highest BCUT2D eigenvalue weighted by atomic mass is 16.1. The highest BCUT2D eigenvalue weighted by Crippen LogP contribution is 2.01. The number of aromatic nitrogens is 4. The second-order valence-electron chi connectivity index (χ2n) is 3.87. The van der Waals surface area contributed by atoms with Crippen molar-refractivity contribution in [2.45, 2.75) is 13.5 Å². The zero-order valence-corrected chi connectivity index (χ0v) is 10.7. The monoisotopic (exact) mass is 258 g/mol. The normalized spacial score (nSPS) is 10.0. The summed E-state index contributed by atoms with van der Waals surface area (Å²) in [5, 5.41) is 5.54. The van der Waals surface area contributed by atoms with Gasteiger partial charge < -0.3 is 10.6 Å². The molecule has 2 aromatic rings. The minimum absolute atomic E-state index is 0.256. The summed E-state index contributed by atoms with van der Waals surface area (Å²) in [6.45, 7) is 2.16. The first-order chi connectivity index (χ1) is 9.19. The molecule has 98 valence electrons. The van der Waals surface area contributed by atoms with Crippen LogP contribution in [0, 0.1) is 6.92 Å². The highest BCUT2D eigenvalue weighted by Gasteiger charge is 2.08. The van der Waals surface area contributed by atoms with Crippen LogP contribution in [0.2, 0.25) is 0 Å². The average Bonchev–Trinajstić information content (AvgIpc) is 2.46. The summed E-state index contributed by atoms with van der Waals surface area (Å²) >= 11 is 0. The Kier molecular flexibility index (Phi) is 3.97. The minimum atomic E-state index is -0.299. The largest absolute Gasteiger partial charge is 0.372 e. The molecule has 2 N–H and O–H groups in total. The molecule has 0 aliphatic rings. The lowest BCUT2D eigenvalue weighted by atomic mass is 10.3. The molecule has 0 atom stereocenters. The third kappa shape index (κ3) is 3.44. The summed E-state index contributed by atoms with van der Waals surface area (Å²) in [6.07, 6.45) is 6.24. The van der Waals surface area contributed by atoms with E-state index in [4.69, 9.17) is 0 Å². The Balaban J connectivity index is 1.99. The molecule has 0 aromatic carbocycles. The smallest absolute Gasteiger partial charge is 0.271 e. The van der Waals surface area contributed by atoms with Crippen molar-refractivity contribution in [2.24, 2.45) is 0 Å². The summed E-state index contributed by atoms with van der Waals surface area (Å²) in [4.78, 5) is 28.1. The number of aryl methyl sites for hydroxylation is 1. The molecule has 7 heteroatoms. The van der Waals surface area contributed by atoms with Crippen LogP contribution in [-0.2, 0) is 6.54 Å². The van der Waals surface area contributed by atoms with Gasteiger partial charge in [0.15, 0.2) is 0 Å². The van der Waals surface area contributed by atoms with E-state index in [1.165, 1.54) is 6.20 Å². The van der Waals surface area contributed by atoms with Crippen molar-refractivity contribution in [1.29, 1.82) is 0 Å². The number of anilines is 1. The molecule has 2 aromatic heterocycles. The fourth-order valence-corrected chi connectivity index (χ4v) is 1.37. The van der Waals surface area contributed by atoms with Crippen LogP contribution in [-0.4, -0.2) is 32.9 Å². The number of carbonyl (C=O) groups is 1. The topological polar surface area (TPSA) is 92.7 Å². The second kappa shape index (κ2) is 5.85. The van der Waals surface area contributed by atoms with E-state index >= 15 is 0 Å². The van der Waals surface area contributed by atoms with Crippen molar-refractivity contribution in [2.75, 3.05) is 12.4 Å². The molecule has 0 unspecified atom stereocenters. The molecule has 19 heavy (non-hydrogen) atoms. The van der Waals surface area contributed by atoms with Gasteiger partial charge in [-0.15, -0.1) is 0 Å². The molecule has 7 nitrogen and oxygen atoms in total. The van der Waals surface area contributed by atoms with Crippen molar-refractivity contribution in [3.8, 4) is 0 Å². The molecular formula is C12H14N6O. The molecule has 0 spiro atoms. The third-order valence-corrected chi connectivity index (χ3v) is 2.39. The van der Waals surface area contributed by atoms with Gasteiger partial charge in [0.05, 0.1) is 36.5 Å².